The van der Waals surface area contributed by atoms with Crippen LogP contribution in [0.2, 0.25) is 0 Å². The second kappa shape index (κ2) is 7.10. The maximum atomic E-state index is 11.8. The van der Waals surface area contributed by atoms with E-state index in [1.165, 1.54) is 7.11 Å². The first kappa shape index (κ1) is 15.5. The molecule has 6 nitrogen and oxygen atoms in total. The van der Waals surface area contributed by atoms with E-state index >= 15 is 0 Å². The van der Waals surface area contributed by atoms with E-state index in [1.54, 1.807) is 18.2 Å². The second-order valence-electron chi connectivity index (χ2n) is 3.60. The van der Waals surface area contributed by atoms with Crippen molar-refractivity contribution in [2.24, 2.45) is 0 Å². The third-order valence-electron chi connectivity index (χ3n) is 2.34. The largest absolute Gasteiger partial charge is 0.496 e. The maximum absolute atomic E-state index is 11.8. The summed E-state index contributed by atoms with van der Waals surface area (Å²) < 4.78 is 10.0. The first-order valence-electron chi connectivity index (χ1n) is 5.37. The van der Waals surface area contributed by atoms with Crippen molar-refractivity contribution in [1.29, 1.82) is 0 Å². The normalized spacial score (nSPS) is 11.6. The molecule has 7 heteroatoms. The standard InChI is InChI=1S/C12H14BrNO5/c1-18-10-4-3-7(5-8(10)13)11(16)14-6-9(15)12(17)19-2/h3-5,9,15H,6H2,1-2H3,(H,14,16)/t9-/m0/s1. The number of aliphatic hydroxyl groups excluding tert-OH is 1. The third kappa shape index (κ3) is 4.22. The van der Waals surface area contributed by atoms with Crippen LogP contribution in [0, 0.1) is 0 Å². The number of methoxy groups -OCH3 is 2. The van der Waals surface area contributed by atoms with Gasteiger partial charge in [0.2, 0.25) is 0 Å². The molecule has 0 bridgehead atoms. The number of amides is 1. The van der Waals surface area contributed by atoms with Gasteiger partial charge < -0.3 is 19.9 Å². The van der Waals surface area contributed by atoms with E-state index in [4.69, 9.17) is 4.74 Å². The maximum Gasteiger partial charge on any atom is 0.336 e. The molecule has 0 saturated carbocycles. The molecule has 19 heavy (non-hydrogen) atoms. The van der Waals surface area contributed by atoms with Crippen LogP contribution in [0.15, 0.2) is 22.7 Å². The van der Waals surface area contributed by atoms with Gasteiger partial charge in [0.25, 0.3) is 5.91 Å². The van der Waals surface area contributed by atoms with Crippen LogP contribution in [0.25, 0.3) is 0 Å². The second-order valence-corrected chi connectivity index (χ2v) is 4.45. The Morgan fingerprint density at radius 1 is 1.42 bits per heavy atom. The molecule has 1 amide bonds. The van der Waals surface area contributed by atoms with Crippen LogP contribution < -0.4 is 10.1 Å². The third-order valence-corrected chi connectivity index (χ3v) is 2.96. The predicted octanol–water partition coefficient (Wildman–Crippen LogP) is 0.721. The van der Waals surface area contributed by atoms with Crippen molar-refractivity contribution in [1.82, 2.24) is 5.32 Å². The van der Waals surface area contributed by atoms with Crippen LogP contribution in [-0.4, -0.2) is 43.9 Å². The molecule has 0 aliphatic carbocycles. The molecule has 1 aromatic carbocycles. The molecule has 0 radical (unpaired) electrons. The molecule has 104 valence electrons. The van der Waals surface area contributed by atoms with Gasteiger partial charge in [0.05, 0.1) is 25.2 Å². The lowest BCUT2D eigenvalue weighted by molar-refractivity contribution is -0.149. The van der Waals surface area contributed by atoms with Gasteiger partial charge in [-0.25, -0.2) is 4.79 Å². The summed E-state index contributed by atoms with van der Waals surface area (Å²) in [4.78, 5) is 22.7. The molecule has 0 fully saturated rings. The summed E-state index contributed by atoms with van der Waals surface area (Å²) in [5.41, 5.74) is 0.379. The number of aliphatic hydroxyl groups is 1. The van der Waals surface area contributed by atoms with Crippen molar-refractivity contribution in [3.63, 3.8) is 0 Å². The lowest BCUT2D eigenvalue weighted by Gasteiger charge is -2.10. The number of hydrogen-bond acceptors (Lipinski definition) is 5. The summed E-state index contributed by atoms with van der Waals surface area (Å²) in [6, 6.07) is 4.79. The number of carbonyl (C=O) groups excluding carboxylic acids is 2. The van der Waals surface area contributed by atoms with E-state index in [0.717, 1.165) is 7.11 Å². The van der Waals surface area contributed by atoms with E-state index in [2.05, 4.69) is 26.0 Å². The lowest BCUT2D eigenvalue weighted by Crippen LogP contribution is -2.37. The fourth-order valence-electron chi connectivity index (χ4n) is 1.32. The number of nitrogens with one attached hydrogen (secondary N) is 1. The van der Waals surface area contributed by atoms with Crippen molar-refractivity contribution in [2.75, 3.05) is 20.8 Å². The van der Waals surface area contributed by atoms with Crippen molar-refractivity contribution < 1.29 is 24.2 Å². The molecule has 0 aromatic heterocycles. The molecule has 0 heterocycles. The van der Waals surface area contributed by atoms with Crippen molar-refractivity contribution >= 4 is 27.8 Å². The van der Waals surface area contributed by atoms with Crippen molar-refractivity contribution in [2.45, 2.75) is 6.10 Å². The van der Waals surface area contributed by atoms with Crippen LogP contribution in [-0.2, 0) is 9.53 Å². The van der Waals surface area contributed by atoms with Gasteiger partial charge in [-0.1, -0.05) is 0 Å². The molecule has 0 unspecified atom stereocenters. The smallest absolute Gasteiger partial charge is 0.336 e. The van der Waals surface area contributed by atoms with Crippen molar-refractivity contribution in [3.8, 4) is 5.75 Å². The summed E-state index contributed by atoms with van der Waals surface area (Å²) in [7, 11) is 2.68. The summed E-state index contributed by atoms with van der Waals surface area (Å²) >= 11 is 3.26. The molecular weight excluding hydrogens is 318 g/mol. The first-order valence-corrected chi connectivity index (χ1v) is 6.16. The molecule has 0 aliphatic heterocycles. The van der Waals surface area contributed by atoms with Gasteiger partial charge in [0.1, 0.15) is 5.75 Å². The number of ether oxygens (including phenoxy) is 2. The highest BCUT2D eigenvalue weighted by atomic mass is 79.9. The average Bonchev–Trinajstić information content (AvgIpc) is 2.43. The number of benzene rings is 1. The molecule has 1 rings (SSSR count). The van der Waals surface area contributed by atoms with Gasteiger partial charge >= 0.3 is 5.97 Å². The van der Waals surface area contributed by atoms with Crippen LogP contribution in [0.3, 0.4) is 0 Å². The molecular formula is C12H14BrNO5. The van der Waals surface area contributed by atoms with E-state index < -0.39 is 18.0 Å². The number of hydrogen-bond donors (Lipinski definition) is 2. The minimum absolute atomic E-state index is 0.213. The zero-order valence-electron chi connectivity index (χ0n) is 10.5. The van der Waals surface area contributed by atoms with Gasteiger partial charge in [0, 0.05) is 5.56 Å². The molecule has 0 aliphatic rings. The Bertz CT molecular complexity index is 477. The average molecular weight is 332 g/mol. The van der Waals surface area contributed by atoms with Gasteiger partial charge in [-0.2, -0.15) is 0 Å². The Hall–Kier alpha value is -1.60. The SMILES string of the molecule is COC(=O)[C@@H](O)CNC(=O)c1ccc(OC)c(Br)c1. The van der Waals surface area contributed by atoms with Crippen LogP contribution in [0.4, 0.5) is 0 Å². The Morgan fingerprint density at radius 2 is 2.11 bits per heavy atom. The number of carbonyl (C=O) groups is 2. The number of halogens is 1. The van der Waals surface area contributed by atoms with Gasteiger partial charge in [-0.15, -0.1) is 0 Å². The van der Waals surface area contributed by atoms with E-state index in [-0.39, 0.29) is 6.54 Å². The van der Waals surface area contributed by atoms with Gasteiger partial charge in [-0.05, 0) is 34.1 Å². The summed E-state index contributed by atoms with van der Waals surface area (Å²) in [5.74, 6) is -0.603. The Balaban J connectivity index is 2.64. The zero-order valence-corrected chi connectivity index (χ0v) is 12.1. The molecule has 0 spiro atoms. The van der Waals surface area contributed by atoms with E-state index in [1.807, 2.05) is 0 Å². The monoisotopic (exact) mass is 331 g/mol. The highest BCUT2D eigenvalue weighted by molar-refractivity contribution is 9.10. The number of rotatable bonds is 5. The Labute approximate surface area is 118 Å². The highest BCUT2D eigenvalue weighted by Gasteiger charge is 2.17. The molecule has 2 N–H and O–H groups in total. The van der Waals surface area contributed by atoms with Gasteiger partial charge in [0.15, 0.2) is 6.10 Å². The van der Waals surface area contributed by atoms with E-state index in [0.29, 0.717) is 15.8 Å². The summed E-state index contributed by atoms with van der Waals surface area (Å²) in [6.45, 7) is -0.213. The predicted molar refractivity (Wildman–Crippen MR) is 71.1 cm³/mol. The molecule has 0 saturated heterocycles. The van der Waals surface area contributed by atoms with Crippen LogP contribution in [0.5, 0.6) is 5.75 Å². The Kier molecular flexibility index (Phi) is 5.78. The minimum Gasteiger partial charge on any atom is -0.496 e. The highest BCUT2D eigenvalue weighted by Crippen LogP contribution is 2.25. The van der Waals surface area contributed by atoms with Gasteiger partial charge in [-0.3, -0.25) is 4.79 Å². The zero-order chi connectivity index (χ0) is 14.4. The molecule has 1 atom stereocenters. The fraction of sp³-hybridized carbons (Fsp3) is 0.333. The van der Waals surface area contributed by atoms with Crippen LogP contribution in [0.1, 0.15) is 10.4 Å². The summed E-state index contributed by atoms with van der Waals surface area (Å²) in [5, 5.41) is 11.8. The fourth-order valence-corrected chi connectivity index (χ4v) is 1.86. The quantitative estimate of drug-likeness (QED) is 0.776. The molecule has 1 aromatic rings. The summed E-state index contributed by atoms with van der Waals surface area (Å²) in [6.07, 6.45) is -1.38. The van der Waals surface area contributed by atoms with Crippen molar-refractivity contribution in [3.05, 3.63) is 28.2 Å². The Morgan fingerprint density at radius 3 is 2.63 bits per heavy atom. The lowest BCUT2D eigenvalue weighted by atomic mass is 10.2. The van der Waals surface area contributed by atoms with Crippen LogP contribution >= 0.6 is 15.9 Å². The minimum atomic E-state index is -1.38. The topological polar surface area (TPSA) is 84.9 Å². The number of esters is 1. The van der Waals surface area contributed by atoms with E-state index in [9.17, 15) is 14.7 Å². The first-order chi connectivity index (χ1) is 8.99.